The SMILES string of the molecule is CCOC(=O)CN(C(=O)C(C)C)C(C)C. The molecule has 0 bridgehead atoms. The molecular weight excluding hydrogens is 194 g/mol. The van der Waals surface area contributed by atoms with E-state index < -0.39 is 0 Å². The van der Waals surface area contributed by atoms with Crippen LogP contribution in [0.15, 0.2) is 0 Å². The molecular formula is C11H21NO3. The van der Waals surface area contributed by atoms with Crippen LogP contribution in [0.4, 0.5) is 0 Å². The molecule has 0 N–H and O–H groups in total. The molecule has 0 aromatic carbocycles. The summed E-state index contributed by atoms with van der Waals surface area (Å²) in [5.41, 5.74) is 0. The summed E-state index contributed by atoms with van der Waals surface area (Å²) in [4.78, 5) is 24.6. The lowest BCUT2D eigenvalue weighted by Gasteiger charge is -2.27. The zero-order valence-corrected chi connectivity index (χ0v) is 10.2. The fraction of sp³-hybridized carbons (Fsp3) is 0.818. The number of carbonyl (C=O) groups excluding carboxylic acids is 2. The summed E-state index contributed by atoms with van der Waals surface area (Å²) in [5.74, 6) is -0.458. The first-order chi connectivity index (χ1) is 6.90. The second-order valence-electron chi connectivity index (χ2n) is 4.02. The second-order valence-corrected chi connectivity index (χ2v) is 4.02. The lowest BCUT2D eigenvalue weighted by Crippen LogP contribution is -2.43. The van der Waals surface area contributed by atoms with Gasteiger partial charge in [0, 0.05) is 12.0 Å². The molecule has 0 radical (unpaired) electrons. The van der Waals surface area contributed by atoms with Crippen molar-refractivity contribution >= 4 is 11.9 Å². The summed E-state index contributed by atoms with van der Waals surface area (Å²) < 4.78 is 4.82. The standard InChI is InChI=1S/C11H21NO3/c1-6-15-10(13)7-12(9(4)5)11(14)8(2)3/h8-9H,6-7H2,1-5H3. The van der Waals surface area contributed by atoms with Crippen molar-refractivity contribution in [3.05, 3.63) is 0 Å². The molecule has 0 saturated heterocycles. The first-order valence-corrected chi connectivity index (χ1v) is 5.36. The van der Waals surface area contributed by atoms with Crippen LogP contribution in [0, 0.1) is 5.92 Å². The monoisotopic (exact) mass is 215 g/mol. The molecule has 4 nitrogen and oxygen atoms in total. The molecule has 0 unspecified atom stereocenters. The van der Waals surface area contributed by atoms with Gasteiger partial charge in [-0.15, -0.1) is 0 Å². The van der Waals surface area contributed by atoms with Gasteiger partial charge in [-0.2, -0.15) is 0 Å². The first kappa shape index (κ1) is 13.9. The molecule has 0 rings (SSSR count). The zero-order valence-electron chi connectivity index (χ0n) is 10.2. The van der Waals surface area contributed by atoms with E-state index in [4.69, 9.17) is 4.74 Å². The lowest BCUT2D eigenvalue weighted by molar-refractivity contribution is -0.151. The molecule has 0 spiro atoms. The van der Waals surface area contributed by atoms with E-state index in [1.807, 2.05) is 27.7 Å². The third kappa shape index (κ3) is 4.81. The number of hydrogen-bond acceptors (Lipinski definition) is 3. The van der Waals surface area contributed by atoms with Gasteiger partial charge in [0.2, 0.25) is 5.91 Å². The average molecular weight is 215 g/mol. The first-order valence-electron chi connectivity index (χ1n) is 5.36. The second kappa shape index (κ2) is 6.43. The molecule has 0 fully saturated rings. The maximum atomic E-state index is 11.7. The molecule has 0 heterocycles. The number of carbonyl (C=O) groups is 2. The molecule has 0 aliphatic heterocycles. The third-order valence-corrected chi connectivity index (χ3v) is 2.01. The highest BCUT2D eigenvalue weighted by Gasteiger charge is 2.22. The summed E-state index contributed by atoms with van der Waals surface area (Å²) in [5, 5.41) is 0. The molecule has 4 heteroatoms. The summed E-state index contributed by atoms with van der Waals surface area (Å²) in [6, 6.07) is 0.0179. The Bertz CT molecular complexity index is 224. The van der Waals surface area contributed by atoms with Crippen LogP contribution < -0.4 is 0 Å². The maximum absolute atomic E-state index is 11.7. The zero-order chi connectivity index (χ0) is 12.0. The van der Waals surface area contributed by atoms with E-state index in [1.165, 1.54) is 0 Å². The Morgan fingerprint density at radius 1 is 1.20 bits per heavy atom. The number of rotatable bonds is 5. The van der Waals surface area contributed by atoms with Gasteiger partial charge in [-0.05, 0) is 20.8 Å². The highest BCUT2D eigenvalue weighted by atomic mass is 16.5. The summed E-state index contributed by atoms with van der Waals surface area (Å²) in [7, 11) is 0. The Labute approximate surface area is 91.6 Å². The highest BCUT2D eigenvalue weighted by Crippen LogP contribution is 2.06. The van der Waals surface area contributed by atoms with Gasteiger partial charge in [0.05, 0.1) is 6.61 Å². The van der Waals surface area contributed by atoms with Crippen LogP contribution in [-0.2, 0) is 14.3 Å². The molecule has 0 atom stereocenters. The summed E-state index contributed by atoms with van der Waals surface area (Å²) >= 11 is 0. The predicted molar refractivity (Wildman–Crippen MR) is 58.3 cm³/mol. The molecule has 0 aliphatic rings. The molecule has 88 valence electrons. The van der Waals surface area contributed by atoms with Crippen LogP contribution in [0.3, 0.4) is 0 Å². The van der Waals surface area contributed by atoms with Crippen molar-refractivity contribution in [3.8, 4) is 0 Å². The smallest absolute Gasteiger partial charge is 0.325 e. The van der Waals surface area contributed by atoms with Gasteiger partial charge >= 0.3 is 5.97 Å². The van der Waals surface area contributed by atoms with Gasteiger partial charge in [0.25, 0.3) is 0 Å². The van der Waals surface area contributed by atoms with Crippen molar-refractivity contribution in [2.45, 2.75) is 40.7 Å². The maximum Gasteiger partial charge on any atom is 0.325 e. The topological polar surface area (TPSA) is 46.6 Å². The van der Waals surface area contributed by atoms with E-state index in [0.29, 0.717) is 6.61 Å². The van der Waals surface area contributed by atoms with Crippen molar-refractivity contribution in [3.63, 3.8) is 0 Å². The third-order valence-electron chi connectivity index (χ3n) is 2.01. The number of nitrogens with zero attached hydrogens (tertiary/aromatic N) is 1. The molecule has 0 saturated carbocycles. The Balaban J connectivity index is 4.41. The van der Waals surface area contributed by atoms with E-state index in [2.05, 4.69) is 0 Å². The van der Waals surface area contributed by atoms with E-state index in [9.17, 15) is 9.59 Å². The van der Waals surface area contributed by atoms with Gasteiger partial charge in [-0.3, -0.25) is 9.59 Å². The fourth-order valence-electron chi connectivity index (χ4n) is 1.19. The van der Waals surface area contributed by atoms with E-state index in [1.54, 1.807) is 11.8 Å². The van der Waals surface area contributed by atoms with Crippen LogP contribution in [-0.4, -0.2) is 36.0 Å². The minimum atomic E-state index is -0.347. The van der Waals surface area contributed by atoms with Crippen LogP contribution in [0.25, 0.3) is 0 Å². The normalized spacial score (nSPS) is 10.6. The molecule has 0 aromatic heterocycles. The number of ether oxygens (including phenoxy) is 1. The van der Waals surface area contributed by atoms with Crippen LogP contribution in [0.1, 0.15) is 34.6 Å². The van der Waals surface area contributed by atoms with Gasteiger partial charge in [0.1, 0.15) is 6.54 Å². The average Bonchev–Trinajstić information content (AvgIpc) is 2.13. The lowest BCUT2D eigenvalue weighted by atomic mass is 10.1. The summed E-state index contributed by atoms with van der Waals surface area (Å²) in [6.45, 7) is 9.57. The van der Waals surface area contributed by atoms with Crippen molar-refractivity contribution in [2.24, 2.45) is 5.92 Å². The minimum Gasteiger partial charge on any atom is -0.465 e. The van der Waals surface area contributed by atoms with Crippen molar-refractivity contribution in [1.29, 1.82) is 0 Å². The number of amides is 1. The highest BCUT2D eigenvalue weighted by molar-refractivity contribution is 5.83. The van der Waals surface area contributed by atoms with Crippen molar-refractivity contribution in [2.75, 3.05) is 13.2 Å². The van der Waals surface area contributed by atoms with E-state index in [0.717, 1.165) is 0 Å². The van der Waals surface area contributed by atoms with Crippen LogP contribution in [0.2, 0.25) is 0 Å². The van der Waals surface area contributed by atoms with Crippen molar-refractivity contribution < 1.29 is 14.3 Å². The quantitative estimate of drug-likeness (QED) is 0.652. The number of esters is 1. The predicted octanol–water partition coefficient (Wildman–Crippen LogP) is 1.44. The Morgan fingerprint density at radius 2 is 1.73 bits per heavy atom. The Kier molecular flexibility index (Phi) is 5.97. The molecule has 15 heavy (non-hydrogen) atoms. The van der Waals surface area contributed by atoms with Crippen LogP contribution >= 0.6 is 0 Å². The Morgan fingerprint density at radius 3 is 2.07 bits per heavy atom. The molecule has 1 amide bonds. The minimum absolute atomic E-state index is 0.0157. The van der Waals surface area contributed by atoms with Crippen molar-refractivity contribution in [1.82, 2.24) is 4.90 Å². The van der Waals surface area contributed by atoms with Gasteiger partial charge in [-0.1, -0.05) is 13.8 Å². The van der Waals surface area contributed by atoms with E-state index in [-0.39, 0.29) is 30.4 Å². The molecule has 0 aromatic rings. The Hall–Kier alpha value is -1.06. The fourth-order valence-corrected chi connectivity index (χ4v) is 1.19. The van der Waals surface area contributed by atoms with Crippen LogP contribution in [0.5, 0.6) is 0 Å². The molecule has 0 aliphatic carbocycles. The summed E-state index contributed by atoms with van der Waals surface area (Å²) in [6.07, 6.45) is 0. The largest absolute Gasteiger partial charge is 0.465 e. The number of hydrogen-bond donors (Lipinski definition) is 0. The van der Waals surface area contributed by atoms with E-state index >= 15 is 0 Å². The van der Waals surface area contributed by atoms with Gasteiger partial charge in [0.15, 0.2) is 0 Å². The van der Waals surface area contributed by atoms with Gasteiger partial charge in [-0.25, -0.2) is 0 Å². The van der Waals surface area contributed by atoms with Gasteiger partial charge < -0.3 is 9.64 Å².